The zero-order chi connectivity index (χ0) is 22.1. The fourth-order valence-electron chi connectivity index (χ4n) is 4.12. The molecule has 0 bridgehead atoms. The number of halogens is 1. The Hall–Kier alpha value is -4.08. The molecule has 4 heterocycles. The van der Waals surface area contributed by atoms with Gasteiger partial charge in [-0.1, -0.05) is 0 Å². The van der Waals surface area contributed by atoms with Crippen LogP contribution in [0.3, 0.4) is 0 Å². The standard InChI is InChI=1S/C22H20FN7O2/c23-16-3-1-15(2-4-16)21-22(29(12-24-21)17-7-9-28(14-32)10-8-17)18-5-6-20-26-19(25-13-31)11-30(20)27-18/h1-6,11-14,17H,7-10H2,(H,25,31). The van der Waals surface area contributed by atoms with Crippen molar-refractivity contribution < 1.29 is 14.0 Å². The summed E-state index contributed by atoms with van der Waals surface area (Å²) in [5, 5.41) is 7.24. The summed E-state index contributed by atoms with van der Waals surface area (Å²) in [6.07, 6.45) is 6.46. The second kappa shape index (κ2) is 8.22. The Labute approximate surface area is 182 Å². The fourth-order valence-corrected chi connectivity index (χ4v) is 4.12. The summed E-state index contributed by atoms with van der Waals surface area (Å²) in [4.78, 5) is 32.6. The van der Waals surface area contributed by atoms with Crippen molar-refractivity contribution in [2.75, 3.05) is 18.4 Å². The van der Waals surface area contributed by atoms with Crippen molar-refractivity contribution >= 4 is 24.3 Å². The lowest BCUT2D eigenvalue weighted by Gasteiger charge is -2.31. The van der Waals surface area contributed by atoms with Gasteiger partial charge in [0.05, 0.1) is 23.9 Å². The number of hydrogen-bond acceptors (Lipinski definition) is 5. The predicted octanol–water partition coefficient (Wildman–Crippen LogP) is 2.76. The molecule has 0 spiro atoms. The summed E-state index contributed by atoms with van der Waals surface area (Å²) in [6, 6.07) is 10.0. The van der Waals surface area contributed by atoms with Crippen molar-refractivity contribution in [3.8, 4) is 22.6 Å². The average molecular weight is 433 g/mol. The third-order valence-corrected chi connectivity index (χ3v) is 5.72. The first kappa shape index (κ1) is 19.9. The maximum absolute atomic E-state index is 13.5. The van der Waals surface area contributed by atoms with E-state index in [9.17, 15) is 14.0 Å². The number of amides is 2. The summed E-state index contributed by atoms with van der Waals surface area (Å²) < 4.78 is 17.2. The van der Waals surface area contributed by atoms with Gasteiger partial charge in [-0.3, -0.25) is 9.59 Å². The molecule has 162 valence electrons. The number of likely N-dealkylation sites (tertiary alicyclic amines) is 1. The first-order chi connectivity index (χ1) is 15.7. The molecule has 5 rings (SSSR count). The molecule has 10 heteroatoms. The van der Waals surface area contributed by atoms with Crippen LogP contribution in [-0.2, 0) is 9.59 Å². The van der Waals surface area contributed by atoms with Gasteiger partial charge in [0.15, 0.2) is 11.5 Å². The van der Waals surface area contributed by atoms with Crippen molar-refractivity contribution in [2.24, 2.45) is 0 Å². The van der Waals surface area contributed by atoms with Crippen molar-refractivity contribution in [3.05, 3.63) is 54.7 Å². The molecule has 1 aliphatic heterocycles. The minimum absolute atomic E-state index is 0.149. The van der Waals surface area contributed by atoms with Gasteiger partial charge in [-0.2, -0.15) is 5.10 Å². The molecule has 1 aliphatic rings. The minimum Gasteiger partial charge on any atom is -0.345 e. The van der Waals surface area contributed by atoms with Gasteiger partial charge >= 0.3 is 0 Å². The highest BCUT2D eigenvalue weighted by atomic mass is 19.1. The molecule has 4 aromatic rings. The topological polar surface area (TPSA) is 97.4 Å². The summed E-state index contributed by atoms with van der Waals surface area (Å²) >= 11 is 0. The molecule has 2 amide bonds. The second-order valence-electron chi connectivity index (χ2n) is 7.64. The number of nitrogens with one attached hydrogen (secondary N) is 1. The Morgan fingerprint density at radius 1 is 1.06 bits per heavy atom. The molecule has 0 radical (unpaired) electrons. The van der Waals surface area contributed by atoms with Gasteiger partial charge in [-0.15, -0.1) is 0 Å². The molecule has 1 fully saturated rings. The third kappa shape index (κ3) is 3.59. The number of nitrogens with zero attached hydrogens (tertiary/aromatic N) is 6. The van der Waals surface area contributed by atoms with Crippen molar-refractivity contribution in [3.63, 3.8) is 0 Å². The number of carbonyl (C=O) groups excluding carboxylic acids is 2. The van der Waals surface area contributed by atoms with E-state index in [1.807, 2.05) is 12.1 Å². The molecule has 1 saturated heterocycles. The summed E-state index contributed by atoms with van der Waals surface area (Å²) in [6.45, 7) is 1.35. The van der Waals surface area contributed by atoms with E-state index < -0.39 is 0 Å². The Kier molecular flexibility index (Phi) is 5.10. The zero-order valence-corrected chi connectivity index (χ0v) is 17.1. The van der Waals surface area contributed by atoms with E-state index in [0.29, 0.717) is 42.4 Å². The molecule has 0 saturated carbocycles. The third-order valence-electron chi connectivity index (χ3n) is 5.72. The molecule has 0 unspecified atom stereocenters. The lowest BCUT2D eigenvalue weighted by atomic mass is 10.0. The predicted molar refractivity (Wildman–Crippen MR) is 115 cm³/mol. The Bertz CT molecular complexity index is 1270. The van der Waals surface area contributed by atoms with Crippen LogP contribution in [0.4, 0.5) is 10.2 Å². The van der Waals surface area contributed by atoms with Gasteiger partial charge in [-0.25, -0.2) is 18.9 Å². The molecule has 9 nitrogen and oxygen atoms in total. The van der Waals surface area contributed by atoms with Crippen LogP contribution in [0.15, 0.2) is 48.9 Å². The number of imidazole rings is 2. The van der Waals surface area contributed by atoms with Gasteiger partial charge < -0.3 is 14.8 Å². The number of anilines is 1. The van der Waals surface area contributed by atoms with Crippen LogP contribution in [0.5, 0.6) is 0 Å². The molecule has 0 aliphatic carbocycles. The van der Waals surface area contributed by atoms with Crippen LogP contribution in [0.2, 0.25) is 0 Å². The van der Waals surface area contributed by atoms with Crippen LogP contribution in [0, 0.1) is 5.82 Å². The number of fused-ring (bicyclic) bond motifs is 1. The first-order valence-electron chi connectivity index (χ1n) is 10.3. The van der Waals surface area contributed by atoms with Crippen molar-refractivity contribution in [1.82, 2.24) is 29.0 Å². The number of piperidine rings is 1. The summed E-state index contributed by atoms with van der Waals surface area (Å²) in [5.41, 5.74) is 3.54. The summed E-state index contributed by atoms with van der Waals surface area (Å²) in [7, 11) is 0. The first-order valence-corrected chi connectivity index (χ1v) is 10.3. The smallest absolute Gasteiger partial charge is 0.212 e. The van der Waals surface area contributed by atoms with E-state index in [4.69, 9.17) is 5.10 Å². The van der Waals surface area contributed by atoms with Gasteiger partial charge in [0, 0.05) is 24.7 Å². The number of rotatable bonds is 6. The van der Waals surface area contributed by atoms with E-state index in [0.717, 1.165) is 30.5 Å². The fraction of sp³-hybridized carbons (Fsp3) is 0.227. The molecule has 3 aromatic heterocycles. The van der Waals surface area contributed by atoms with E-state index in [1.54, 1.807) is 34.1 Å². The number of benzene rings is 1. The highest BCUT2D eigenvalue weighted by Gasteiger charge is 2.25. The quantitative estimate of drug-likeness (QED) is 0.472. The van der Waals surface area contributed by atoms with Crippen LogP contribution in [0.25, 0.3) is 28.3 Å². The van der Waals surface area contributed by atoms with E-state index >= 15 is 0 Å². The van der Waals surface area contributed by atoms with Crippen molar-refractivity contribution in [1.29, 1.82) is 0 Å². The molecular formula is C22H20FN7O2. The Morgan fingerprint density at radius 3 is 2.56 bits per heavy atom. The number of aromatic nitrogens is 5. The van der Waals surface area contributed by atoms with Gasteiger partial charge in [-0.05, 0) is 49.2 Å². The molecule has 0 atom stereocenters. The molecule has 1 aromatic carbocycles. The maximum atomic E-state index is 13.5. The maximum Gasteiger partial charge on any atom is 0.212 e. The van der Waals surface area contributed by atoms with Crippen molar-refractivity contribution in [2.45, 2.75) is 18.9 Å². The lowest BCUT2D eigenvalue weighted by Crippen LogP contribution is -2.33. The SMILES string of the molecule is O=CNc1cn2nc(-c3c(-c4ccc(F)cc4)ncn3C3CCN(C=O)CC3)ccc2n1. The highest BCUT2D eigenvalue weighted by molar-refractivity contribution is 5.77. The van der Waals surface area contributed by atoms with Crippen LogP contribution >= 0.6 is 0 Å². The monoisotopic (exact) mass is 433 g/mol. The lowest BCUT2D eigenvalue weighted by molar-refractivity contribution is -0.119. The van der Waals surface area contributed by atoms with Crippen LogP contribution in [-0.4, -0.2) is 55.0 Å². The van der Waals surface area contributed by atoms with E-state index in [2.05, 4.69) is 19.9 Å². The zero-order valence-electron chi connectivity index (χ0n) is 17.1. The molecule has 32 heavy (non-hydrogen) atoms. The second-order valence-corrected chi connectivity index (χ2v) is 7.64. The Balaban J connectivity index is 1.62. The van der Waals surface area contributed by atoms with Crippen LogP contribution in [0.1, 0.15) is 18.9 Å². The molecular weight excluding hydrogens is 413 g/mol. The van der Waals surface area contributed by atoms with E-state index in [-0.39, 0.29) is 11.9 Å². The molecule has 1 N–H and O–H groups in total. The van der Waals surface area contributed by atoms with Gasteiger partial charge in [0.1, 0.15) is 11.5 Å². The van der Waals surface area contributed by atoms with Crippen LogP contribution < -0.4 is 5.32 Å². The minimum atomic E-state index is -0.316. The normalized spacial score (nSPS) is 14.6. The number of carbonyl (C=O) groups is 2. The summed E-state index contributed by atoms with van der Waals surface area (Å²) in [5.74, 6) is 0.0854. The largest absolute Gasteiger partial charge is 0.345 e. The van der Waals surface area contributed by atoms with E-state index in [1.165, 1.54) is 12.1 Å². The highest BCUT2D eigenvalue weighted by Crippen LogP contribution is 2.35. The van der Waals surface area contributed by atoms with Gasteiger partial charge in [0.2, 0.25) is 12.8 Å². The average Bonchev–Trinajstić information content (AvgIpc) is 3.43. The van der Waals surface area contributed by atoms with Gasteiger partial charge in [0.25, 0.3) is 0 Å². The Morgan fingerprint density at radius 2 is 1.84 bits per heavy atom. The number of hydrogen-bond donors (Lipinski definition) is 1.